The second kappa shape index (κ2) is 6.09. The molecule has 100 valence electrons. The van der Waals surface area contributed by atoms with Gasteiger partial charge in [-0.3, -0.25) is 0 Å². The molecule has 0 aliphatic rings. The van der Waals surface area contributed by atoms with Crippen molar-refractivity contribution < 1.29 is 19.0 Å². The number of benzene rings is 2. The zero-order valence-electron chi connectivity index (χ0n) is 10.6. The number of hydrogen-bond donors (Lipinski definition) is 1. The molecule has 2 aromatic rings. The number of ether oxygens (including phenoxy) is 2. The van der Waals surface area contributed by atoms with E-state index in [0.29, 0.717) is 24.5 Å². The van der Waals surface area contributed by atoms with Crippen molar-refractivity contribution >= 4 is 0 Å². The Bertz CT molecular complexity index is 538. The summed E-state index contributed by atoms with van der Waals surface area (Å²) in [6.07, 6.45) is 0.645. The van der Waals surface area contributed by atoms with Gasteiger partial charge in [0.25, 0.3) is 0 Å². The monoisotopic (exact) mass is 262 g/mol. The van der Waals surface area contributed by atoms with E-state index in [1.54, 1.807) is 24.3 Å². The predicted molar refractivity (Wildman–Crippen MR) is 70.3 cm³/mol. The van der Waals surface area contributed by atoms with Gasteiger partial charge in [0.05, 0.1) is 13.7 Å². The Morgan fingerprint density at radius 3 is 2.47 bits per heavy atom. The van der Waals surface area contributed by atoms with Gasteiger partial charge in [0, 0.05) is 12.5 Å². The van der Waals surface area contributed by atoms with Crippen LogP contribution in [0.1, 0.15) is 5.56 Å². The van der Waals surface area contributed by atoms with Crippen LogP contribution in [-0.4, -0.2) is 18.8 Å². The Morgan fingerprint density at radius 1 is 1.11 bits per heavy atom. The lowest BCUT2D eigenvalue weighted by Gasteiger charge is -2.09. The van der Waals surface area contributed by atoms with Crippen LogP contribution in [0.15, 0.2) is 42.5 Å². The third-order valence-corrected chi connectivity index (χ3v) is 2.73. The summed E-state index contributed by atoms with van der Waals surface area (Å²) in [6.45, 7) is 0.408. The molecule has 0 atom stereocenters. The molecule has 0 bridgehead atoms. The lowest BCUT2D eigenvalue weighted by molar-refractivity contribution is 0.301. The molecule has 0 amide bonds. The molecule has 0 aromatic heterocycles. The van der Waals surface area contributed by atoms with E-state index in [4.69, 9.17) is 9.47 Å². The first kappa shape index (κ1) is 13.2. The fourth-order valence-electron chi connectivity index (χ4n) is 1.68. The minimum absolute atomic E-state index is 0.0402. The molecular formula is C15H15FO3. The van der Waals surface area contributed by atoms with Crippen LogP contribution in [-0.2, 0) is 6.42 Å². The lowest BCUT2D eigenvalue weighted by atomic mass is 10.2. The number of rotatable bonds is 5. The summed E-state index contributed by atoms with van der Waals surface area (Å²) >= 11 is 0. The normalized spacial score (nSPS) is 10.2. The van der Waals surface area contributed by atoms with Crippen LogP contribution in [0.3, 0.4) is 0 Å². The Balaban J connectivity index is 1.90. The zero-order valence-corrected chi connectivity index (χ0v) is 10.6. The van der Waals surface area contributed by atoms with E-state index in [9.17, 15) is 9.50 Å². The van der Waals surface area contributed by atoms with Crippen molar-refractivity contribution in [1.82, 2.24) is 0 Å². The van der Waals surface area contributed by atoms with Gasteiger partial charge in [0.15, 0.2) is 11.5 Å². The van der Waals surface area contributed by atoms with Gasteiger partial charge in [-0.2, -0.15) is 0 Å². The second-order valence-electron chi connectivity index (χ2n) is 4.06. The highest BCUT2D eigenvalue weighted by Crippen LogP contribution is 2.30. The molecule has 2 aromatic carbocycles. The molecule has 4 heteroatoms. The maximum absolute atomic E-state index is 12.7. The van der Waals surface area contributed by atoms with Crippen LogP contribution in [0.2, 0.25) is 0 Å². The number of methoxy groups -OCH3 is 1. The smallest absolute Gasteiger partial charge is 0.161 e. The van der Waals surface area contributed by atoms with Gasteiger partial charge in [-0.25, -0.2) is 4.39 Å². The van der Waals surface area contributed by atoms with Crippen molar-refractivity contribution in [2.45, 2.75) is 6.42 Å². The van der Waals surface area contributed by atoms with Gasteiger partial charge in [0.1, 0.15) is 11.6 Å². The van der Waals surface area contributed by atoms with Gasteiger partial charge < -0.3 is 14.6 Å². The molecule has 3 nitrogen and oxygen atoms in total. The molecule has 0 unspecified atom stereocenters. The van der Waals surface area contributed by atoms with Crippen molar-refractivity contribution in [3.05, 3.63) is 53.8 Å². The fourth-order valence-corrected chi connectivity index (χ4v) is 1.68. The highest BCUT2D eigenvalue weighted by Gasteiger charge is 2.04. The number of halogens is 1. The highest BCUT2D eigenvalue weighted by atomic mass is 19.1. The Labute approximate surface area is 111 Å². The van der Waals surface area contributed by atoms with Crippen molar-refractivity contribution in [2.75, 3.05) is 13.7 Å². The summed E-state index contributed by atoms with van der Waals surface area (Å²) in [5, 5.41) is 9.70. The van der Waals surface area contributed by atoms with E-state index in [0.717, 1.165) is 5.56 Å². The quantitative estimate of drug-likeness (QED) is 0.899. The van der Waals surface area contributed by atoms with Crippen LogP contribution >= 0.6 is 0 Å². The molecule has 0 radical (unpaired) electrons. The van der Waals surface area contributed by atoms with Gasteiger partial charge in [0.2, 0.25) is 0 Å². The molecule has 0 aliphatic heterocycles. The minimum atomic E-state index is -0.252. The molecule has 0 saturated carbocycles. The summed E-state index contributed by atoms with van der Waals surface area (Å²) in [4.78, 5) is 0. The Morgan fingerprint density at radius 2 is 1.84 bits per heavy atom. The average molecular weight is 262 g/mol. The van der Waals surface area contributed by atoms with E-state index >= 15 is 0 Å². The maximum Gasteiger partial charge on any atom is 0.161 e. The number of phenolic OH excluding ortho intramolecular Hbond substituents is 1. The summed E-state index contributed by atoms with van der Waals surface area (Å²) in [7, 11) is 1.53. The average Bonchev–Trinajstić information content (AvgIpc) is 2.42. The Hall–Kier alpha value is -2.23. The number of phenols is 1. The van der Waals surface area contributed by atoms with Crippen molar-refractivity contribution in [2.24, 2.45) is 0 Å². The van der Waals surface area contributed by atoms with E-state index in [-0.39, 0.29) is 11.6 Å². The van der Waals surface area contributed by atoms with Crippen LogP contribution in [0.25, 0.3) is 0 Å². The molecule has 0 aliphatic carbocycles. The molecular weight excluding hydrogens is 247 g/mol. The van der Waals surface area contributed by atoms with Gasteiger partial charge >= 0.3 is 0 Å². The molecule has 1 N–H and O–H groups in total. The second-order valence-corrected chi connectivity index (χ2v) is 4.06. The highest BCUT2D eigenvalue weighted by molar-refractivity contribution is 5.44. The number of aromatic hydroxyl groups is 1. The van der Waals surface area contributed by atoms with Crippen molar-refractivity contribution in [3.63, 3.8) is 0 Å². The largest absolute Gasteiger partial charge is 0.504 e. The maximum atomic E-state index is 12.7. The third-order valence-electron chi connectivity index (χ3n) is 2.73. The standard InChI is InChI=1S/C15H15FO3/c1-18-13-6-7-15(14(17)10-13)19-9-8-11-2-4-12(16)5-3-11/h2-7,10,17H,8-9H2,1H3. The van der Waals surface area contributed by atoms with Crippen molar-refractivity contribution in [1.29, 1.82) is 0 Å². The number of hydrogen-bond acceptors (Lipinski definition) is 3. The molecule has 19 heavy (non-hydrogen) atoms. The molecule has 2 rings (SSSR count). The predicted octanol–water partition coefficient (Wildman–Crippen LogP) is 3.16. The molecule has 0 spiro atoms. The SMILES string of the molecule is COc1ccc(OCCc2ccc(F)cc2)c(O)c1. The molecule has 0 saturated heterocycles. The molecule has 0 fully saturated rings. The fraction of sp³-hybridized carbons (Fsp3) is 0.200. The van der Waals surface area contributed by atoms with Gasteiger partial charge in [-0.05, 0) is 29.8 Å². The Kier molecular flexibility index (Phi) is 4.23. The van der Waals surface area contributed by atoms with Crippen LogP contribution in [0.5, 0.6) is 17.2 Å². The van der Waals surface area contributed by atoms with Crippen LogP contribution in [0, 0.1) is 5.82 Å². The summed E-state index contributed by atoms with van der Waals surface area (Å²) in [5.41, 5.74) is 0.981. The van der Waals surface area contributed by atoms with E-state index in [1.807, 2.05) is 0 Å². The zero-order chi connectivity index (χ0) is 13.7. The van der Waals surface area contributed by atoms with E-state index in [2.05, 4.69) is 0 Å². The van der Waals surface area contributed by atoms with E-state index < -0.39 is 0 Å². The van der Waals surface area contributed by atoms with Crippen LogP contribution < -0.4 is 9.47 Å². The van der Waals surface area contributed by atoms with Crippen molar-refractivity contribution in [3.8, 4) is 17.2 Å². The first-order valence-electron chi connectivity index (χ1n) is 5.93. The lowest BCUT2D eigenvalue weighted by Crippen LogP contribution is -2.01. The summed E-state index contributed by atoms with van der Waals surface area (Å²) < 4.78 is 23.2. The molecule has 0 heterocycles. The van der Waals surface area contributed by atoms with E-state index in [1.165, 1.54) is 25.3 Å². The summed E-state index contributed by atoms with van der Waals surface area (Å²) in [6, 6.07) is 11.1. The first-order valence-corrected chi connectivity index (χ1v) is 5.93. The van der Waals surface area contributed by atoms with Crippen LogP contribution in [0.4, 0.5) is 4.39 Å². The first-order chi connectivity index (χ1) is 9.19. The summed E-state index contributed by atoms with van der Waals surface area (Å²) in [5.74, 6) is 0.766. The third kappa shape index (κ3) is 3.61. The topological polar surface area (TPSA) is 38.7 Å². The van der Waals surface area contributed by atoms with Gasteiger partial charge in [-0.1, -0.05) is 12.1 Å². The van der Waals surface area contributed by atoms with Gasteiger partial charge in [-0.15, -0.1) is 0 Å². The minimum Gasteiger partial charge on any atom is -0.504 e.